The molecule has 0 aromatic heterocycles. The van der Waals surface area contributed by atoms with Crippen LogP contribution in [0.5, 0.6) is 0 Å². The monoisotopic (exact) mass is 348 g/mol. The molecule has 20 heavy (non-hydrogen) atoms. The van der Waals surface area contributed by atoms with E-state index in [0.717, 1.165) is 6.07 Å². The SMILES string of the molecule is NC1C=CC(C(=O)Nc2ccc(Br)c(C(F)(F)F)c2)C1. The number of nitrogens with one attached hydrogen (secondary N) is 1. The van der Waals surface area contributed by atoms with Gasteiger partial charge in [0, 0.05) is 16.2 Å². The Morgan fingerprint density at radius 1 is 1.35 bits per heavy atom. The predicted octanol–water partition coefficient (Wildman–Crippen LogP) is 3.31. The van der Waals surface area contributed by atoms with Crippen molar-refractivity contribution < 1.29 is 18.0 Å². The lowest BCUT2D eigenvalue weighted by atomic mass is 10.1. The summed E-state index contributed by atoms with van der Waals surface area (Å²) in [5, 5.41) is 2.48. The molecule has 1 aromatic rings. The fourth-order valence-electron chi connectivity index (χ4n) is 1.98. The van der Waals surface area contributed by atoms with Crippen LogP contribution in [0, 0.1) is 5.92 Å². The number of anilines is 1. The van der Waals surface area contributed by atoms with E-state index in [-0.39, 0.29) is 22.1 Å². The number of nitrogens with two attached hydrogens (primary N) is 1. The van der Waals surface area contributed by atoms with E-state index in [1.807, 2.05) is 0 Å². The lowest BCUT2D eigenvalue weighted by Gasteiger charge is -2.14. The number of carbonyl (C=O) groups is 1. The summed E-state index contributed by atoms with van der Waals surface area (Å²) in [6, 6.07) is 3.40. The van der Waals surface area contributed by atoms with Crippen molar-refractivity contribution in [2.24, 2.45) is 11.7 Å². The Kier molecular flexibility index (Phi) is 4.19. The highest BCUT2D eigenvalue weighted by Gasteiger charge is 2.33. The summed E-state index contributed by atoms with van der Waals surface area (Å²) in [6.45, 7) is 0. The summed E-state index contributed by atoms with van der Waals surface area (Å²) in [7, 11) is 0. The second-order valence-electron chi connectivity index (χ2n) is 4.57. The highest BCUT2D eigenvalue weighted by Crippen LogP contribution is 2.36. The Labute approximate surface area is 122 Å². The smallest absolute Gasteiger partial charge is 0.326 e. The molecule has 3 N–H and O–H groups in total. The molecule has 0 bridgehead atoms. The lowest BCUT2D eigenvalue weighted by Crippen LogP contribution is -2.24. The maximum absolute atomic E-state index is 12.7. The summed E-state index contributed by atoms with van der Waals surface area (Å²) >= 11 is 2.85. The Balaban J connectivity index is 2.14. The van der Waals surface area contributed by atoms with Crippen LogP contribution < -0.4 is 11.1 Å². The molecule has 2 rings (SSSR count). The van der Waals surface area contributed by atoms with Gasteiger partial charge in [-0.1, -0.05) is 28.1 Å². The molecular formula is C13H12BrF3N2O. The molecule has 2 atom stereocenters. The van der Waals surface area contributed by atoms with Crippen LogP contribution in [0.25, 0.3) is 0 Å². The third-order valence-electron chi connectivity index (χ3n) is 2.99. The zero-order valence-electron chi connectivity index (χ0n) is 10.2. The topological polar surface area (TPSA) is 55.1 Å². The number of rotatable bonds is 2. The molecule has 2 unspecified atom stereocenters. The molecule has 1 aromatic carbocycles. The van der Waals surface area contributed by atoms with Gasteiger partial charge in [-0.25, -0.2) is 0 Å². The lowest BCUT2D eigenvalue weighted by molar-refractivity contribution is -0.138. The Hall–Kier alpha value is -1.34. The van der Waals surface area contributed by atoms with Crippen LogP contribution >= 0.6 is 15.9 Å². The van der Waals surface area contributed by atoms with Crippen molar-refractivity contribution >= 4 is 27.5 Å². The van der Waals surface area contributed by atoms with E-state index >= 15 is 0 Å². The summed E-state index contributed by atoms with van der Waals surface area (Å²) in [5.41, 5.74) is 4.92. The molecular weight excluding hydrogens is 337 g/mol. The van der Waals surface area contributed by atoms with Gasteiger partial charge in [0.05, 0.1) is 11.5 Å². The van der Waals surface area contributed by atoms with Crippen LogP contribution in [-0.2, 0) is 11.0 Å². The van der Waals surface area contributed by atoms with Crippen molar-refractivity contribution in [2.45, 2.75) is 18.6 Å². The van der Waals surface area contributed by atoms with Crippen molar-refractivity contribution in [3.63, 3.8) is 0 Å². The van der Waals surface area contributed by atoms with Gasteiger partial charge in [-0.05, 0) is 24.6 Å². The first-order chi connectivity index (χ1) is 9.27. The first kappa shape index (κ1) is 15.1. The van der Waals surface area contributed by atoms with Gasteiger partial charge >= 0.3 is 6.18 Å². The molecule has 108 valence electrons. The minimum Gasteiger partial charge on any atom is -0.326 e. The fourth-order valence-corrected chi connectivity index (χ4v) is 2.45. The van der Waals surface area contributed by atoms with Crippen molar-refractivity contribution in [1.82, 2.24) is 0 Å². The van der Waals surface area contributed by atoms with Gasteiger partial charge in [0.2, 0.25) is 5.91 Å². The number of hydrogen-bond donors (Lipinski definition) is 2. The molecule has 1 aliphatic rings. The van der Waals surface area contributed by atoms with Crippen LogP contribution in [-0.4, -0.2) is 11.9 Å². The first-order valence-corrected chi connectivity index (χ1v) is 6.68. The van der Waals surface area contributed by atoms with Gasteiger partial charge in [-0.3, -0.25) is 4.79 Å². The third-order valence-corrected chi connectivity index (χ3v) is 3.68. The van der Waals surface area contributed by atoms with E-state index in [9.17, 15) is 18.0 Å². The zero-order chi connectivity index (χ0) is 14.9. The van der Waals surface area contributed by atoms with Crippen LogP contribution in [0.15, 0.2) is 34.8 Å². The average molecular weight is 349 g/mol. The normalized spacial score (nSPS) is 22.1. The largest absolute Gasteiger partial charge is 0.417 e. The number of hydrogen-bond acceptors (Lipinski definition) is 2. The second-order valence-corrected chi connectivity index (χ2v) is 5.43. The maximum Gasteiger partial charge on any atom is 0.417 e. The van der Waals surface area contributed by atoms with Crippen LogP contribution in [0.2, 0.25) is 0 Å². The number of halogens is 4. The molecule has 0 saturated heterocycles. The molecule has 0 spiro atoms. The number of carbonyl (C=O) groups excluding carboxylic acids is 1. The zero-order valence-corrected chi connectivity index (χ0v) is 11.8. The average Bonchev–Trinajstić information content (AvgIpc) is 2.77. The van der Waals surface area contributed by atoms with Crippen LogP contribution in [0.4, 0.5) is 18.9 Å². The van der Waals surface area contributed by atoms with Crippen molar-refractivity contribution in [3.8, 4) is 0 Å². The van der Waals surface area contributed by atoms with E-state index in [1.165, 1.54) is 12.1 Å². The van der Waals surface area contributed by atoms with E-state index in [2.05, 4.69) is 21.2 Å². The molecule has 1 aliphatic carbocycles. The van der Waals surface area contributed by atoms with Crippen molar-refractivity contribution in [1.29, 1.82) is 0 Å². The molecule has 0 radical (unpaired) electrons. The van der Waals surface area contributed by atoms with E-state index in [4.69, 9.17) is 5.73 Å². The number of alkyl halides is 3. The van der Waals surface area contributed by atoms with E-state index in [1.54, 1.807) is 12.2 Å². The Morgan fingerprint density at radius 3 is 2.60 bits per heavy atom. The van der Waals surface area contributed by atoms with Gasteiger partial charge in [0.25, 0.3) is 0 Å². The quantitative estimate of drug-likeness (QED) is 0.805. The van der Waals surface area contributed by atoms with Crippen LogP contribution in [0.3, 0.4) is 0 Å². The van der Waals surface area contributed by atoms with Gasteiger partial charge in [-0.15, -0.1) is 0 Å². The molecule has 0 aliphatic heterocycles. The van der Waals surface area contributed by atoms with Crippen molar-refractivity contribution in [3.05, 3.63) is 40.4 Å². The standard InChI is InChI=1S/C13H12BrF3N2O/c14-11-4-3-9(6-10(11)13(15,16)17)19-12(20)7-1-2-8(18)5-7/h1-4,6-8H,5,18H2,(H,19,20). The van der Waals surface area contributed by atoms with Gasteiger partial charge in [0.15, 0.2) is 0 Å². The summed E-state index contributed by atoms with van der Waals surface area (Å²) in [6.07, 6.45) is -0.625. The fraction of sp³-hybridized carbons (Fsp3) is 0.308. The number of benzene rings is 1. The Morgan fingerprint density at radius 2 is 2.05 bits per heavy atom. The molecule has 3 nitrogen and oxygen atoms in total. The highest BCUT2D eigenvalue weighted by molar-refractivity contribution is 9.10. The number of amides is 1. The summed E-state index contributed by atoms with van der Waals surface area (Å²) < 4.78 is 38.2. The molecule has 1 amide bonds. The summed E-state index contributed by atoms with van der Waals surface area (Å²) in [5.74, 6) is -0.757. The second kappa shape index (κ2) is 5.57. The molecule has 0 heterocycles. The maximum atomic E-state index is 12.7. The van der Waals surface area contributed by atoms with Gasteiger partial charge in [-0.2, -0.15) is 13.2 Å². The minimum absolute atomic E-state index is 0.0641. The molecule has 0 saturated carbocycles. The summed E-state index contributed by atoms with van der Waals surface area (Å²) in [4.78, 5) is 11.9. The third kappa shape index (κ3) is 3.40. The van der Waals surface area contributed by atoms with Gasteiger partial charge < -0.3 is 11.1 Å². The van der Waals surface area contributed by atoms with E-state index < -0.39 is 17.7 Å². The first-order valence-electron chi connectivity index (χ1n) is 5.89. The predicted molar refractivity (Wildman–Crippen MR) is 73.0 cm³/mol. The van der Waals surface area contributed by atoms with Gasteiger partial charge in [0.1, 0.15) is 0 Å². The van der Waals surface area contributed by atoms with Crippen LogP contribution in [0.1, 0.15) is 12.0 Å². The highest BCUT2D eigenvalue weighted by atomic mass is 79.9. The molecule has 7 heteroatoms. The van der Waals surface area contributed by atoms with Crippen molar-refractivity contribution in [2.75, 3.05) is 5.32 Å². The minimum atomic E-state index is -4.48. The Bertz CT molecular complexity index is 557. The van der Waals surface area contributed by atoms with E-state index in [0.29, 0.717) is 6.42 Å². The molecule has 0 fully saturated rings.